The molecule has 1 fully saturated rings. The Bertz CT molecular complexity index is 880. The van der Waals surface area contributed by atoms with E-state index >= 15 is 0 Å². The molecule has 150 valence electrons. The molecule has 0 radical (unpaired) electrons. The predicted octanol–water partition coefficient (Wildman–Crippen LogP) is 0.909. The van der Waals surface area contributed by atoms with Crippen LogP contribution in [0.25, 0.3) is 6.08 Å². The van der Waals surface area contributed by atoms with Crippen LogP contribution in [0.2, 0.25) is 0 Å². The molecule has 13 heteroatoms. The van der Waals surface area contributed by atoms with Crippen LogP contribution < -0.4 is 11.2 Å². The monoisotopic (exact) mass is 468 g/mol. The molecule has 1 aromatic rings. The van der Waals surface area contributed by atoms with Crippen LogP contribution in [-0.2, 0) is 18.6 Å². The van der Waals surface area contributed by atoms with E-state index in [4.69, 9.17) is 4.74 Å². The van der Waals surface area contributed by atoms with Crippen LogP contribution in [0.1, 0.15) is 25.1 Å². The van der Waals surface area contributed by atoms with E-state index < -0.39 is 49.6 Å². The number of aliphatic hydroxyl groups excluding tert-OH is 1. The average Bonchev–Trinajstić information content (AvgIpc) is 2.96. The first kappa shape index (κ1) is 21.7. The van der Waals surface area contributed by atoms with Gasteiger partial charge in [-0.2, -0.15) is 0 Å². The van der Waals surface area contributed by atoms with E-state index in [9.17, 15) is 28.9 Å². The van der Waals surface area contributed by atoms with Crippen LogP contribution in [0.4, 0.5) is 4.79 Å². The third-order valence-corrected chi connectivity index (χ3v) is 5.02. The number of aromatic nitrogens is 2. The van der Waals surface area contributed by atoms with Crippen molar-refractivity contribution < 1.29 is 33.4 Å². The quantitative estimate of drug-likeness (QED) is 0.494. The lowest BCUT2D eigenvalue weighted by Crippen LogP contribution is -2.33. The zero-order valence-electron chi connectivity index (χ0n) is 14.1. The second-order valence-corrected chi connectivity index (χ2v) is 7.68. The van der Waals surface area contributed by atoms with E-state index in [-0.39, 0.29) is 18.6 Å². The van der Waals surface area contributed by atoms with E-state index in [0.29, 0.717) is 0 Å². The number of halogens is 1. The first-order chi connectivity index (χ1) is 12.7. The number of rotatable bonds is 7. The number of hydrogen-bond acceptors (Lipinski definition) is 8. The molecule has 27 heavy (non-hydrogen) atoms. The zero-order chi connectivity index (χ0) is 20.2. The maximum absolute atomic E-state index is 12.0. The average molecular weight is 469 g/mol. The van der Waals surface area contributed by atoms with Crippen molar-refractivity contribution in [1.82, 2.24) is 9.55 Å². The third kappa shape index (κ3) is 5.24. The van der Waals surface area contributed by atoms with E-state index in [1.54, 1.807) is 0 Å². The Morgan fingerprint density at radius 3 is 2.89 bits per heavy atom. The summed E-state index contributed by atoms with van der Waals surface area (Å²) in [5.74, 6) is 0. The molecule has 0 saturated carbocycles. The highest BCUT2D eigenvalue weighted by Crippen LogP contribution is 2.45. The summed E-state index contributed by atoms with van der Waals surface area (Å²) in [5.41, 5.74) is -2.57. The normalized spacial score (nSPS) is 24.8. The van der Waals surface area contributed by atoms with E-state index in [1.165, 1.54) is 24.2 Å². The number of nitrogens with zero attached hydrogens (tertiary/aromatic N) is 1. The van der Waals surface area contributed by atoms with E-state index in [0.717, 1.165) is 4.57 Å². The van der Waals surface area contributed by atoms with Gasteiger partial charge >= 0.3 is 19.0 Å². The van der Waals surface area contributed by atoms with Crippen molar-refractivity contribution >= 4 is 35.3 Å². The lowest BCUT2D eigenvalue weighted by Gasteiger charge is -2.17. The summed E-state index contributed by atoms with van der Waals surface area (Å²) in [4.78, 5) is 48.2. The van der Waals surface area contributed by atoms with Gasteiger partial charge in [0.05, 0.1) is 24.9 Å². The first-order valence-electron chi connectivity index (χ1n) is 7.80. The van der Waals surface area contributed by atoms with Crippen LogP contribution >= 0.6 is 23.5 Å². The van der Waals surface area contributed by atoms with Gasteiger partial charge < -0.3 is 19.5 Å². The highest BCUT2D eigenvalue weighted by atomic mass is 79.9. The minimum absolute atomic E-state index is 0.0351. The van der Waals surface area contributed by atoms with Crippen LogP contribution in [-0.4, -0.2) is 50.7 Å². The maximum Gasteiger partial charge on any atom is 0.435 e. The van der Waals surface area contributed by atoms with Gasteiger partial charge in [0, 0.05) is 12.6 Å². The summed E-state index contributed by atoms with van der Waals surface area (Å²) in [7, 11) is -4.69. The Kier molecular flexibility index (Phi) is 7.32. The number of aliphatic hydroxyl groups is 1. The second kappa shape index (κ2) is 9.09. The summed E-state index contributed by atoms with van der Waals surface area (Å²) in [6.07, 6.45) is -0.504. The number of aromatic amines is 1. The predicted molar refractivity (Wildman–Crippen MR) is 96.6 cm³/mol. The molecule has 4 atom stereocenters. The molecular formula is C14H18BrN2O9P. The van der Waals surface area contributed by atoms with Gasteiger partial charge in [-0.3, -0.25) is 18.9 Å². The van der Waals surface area contributed by atoms with Crippen molar-refractivity contribution in [1.29, 1.82) is 0 Å². The summed E-state index contributed by atoms with van der Waals surface area (Å²) >= 11 is 3.03. The lowest BCUT2D eigenvalue weighted by atomic mass is 10.2. The van der Waals surface area contributed by atoms with Crippen molar-refractivity contribution in [3.8, 4) is 0 Å². The fourth-order valence-corrected chi connectivity index (χ4v) is 3.40. The molecule has 3 N–H and O–H groups in total. The Morgan fingerprint density at radius 2 is 2.26 bits per heavy atom. The number of carbonyl (C=O) groups is 1. The van der Waals surface area contributed by atoms with Gasteiger partial charge in [0.25, 0.3) is 5.56 Å². The standard InChI is InChI=1S/C14H18BrN2O9P/c1-2-24-14(21)27(22,23)25-7-10-9(18)5-11(26-10)17-6-8(3-4-15)12(19)16-13(17)20/h3-4,6,9-11,18H,2,5,7H2,1H3,(H,22,23)(H,16,19,20)/b4-3-. The summed E-state index contributed by atoms with van der Waals surface area (Å²) in [5, 5.41) is 10.1. The molecule has 2 heterocycles. The zero-order valence-corrected chi connectivity index (χ0v) is 16.6. The fourth-order valence-electron chi connectivity index (χ4n) is 2.37. The Labute approximate surface area is 161 Å². The van der Waals surface area contributed by atoms with Crippen molar-refractivity contribution in [2.75, 3.05) is 13.2 Å². The third-order valence-electron chi connectivity index (χ3n) is 3.66. The van der Waals surface area contributed by atoms with Gasteiger partial charge in [-0.1, -0.05) is 15.9 Å². The molecule has 4 unspecified atom stereocenters. The molecule has 0 spiro atoms. The fraction of sp³-hybridized carbons (Fsp3) is 0.500. The first-order valence-corrected chi connectivity index (χ1v) is 10.3. The van der Waals surface area contributed by atoms with Crippen molar-refractivity contribution in [3.05, 3.63) is 37.6 Å². The number of hydrogen-bond donors (Lipinski definition) is 3. The smallest absolute Gasteiger partial charge is 0.435 e. The van der Waals surface area contributed by atoms with Gasteiger partial charge in [-0.05, 0) is 18.0 Å². The largest absolute Gasteiger partial charge is 0.457 e. The van der Waals surface area contributed by atoms with Gasteiger partial charge in [-0.15, -0.1) is 0 Å². The molecule has 0 amide bonds. The molecule has 0 aliphatic carbocycles. The molecule has 1 aromatic heterocycles. The molecular weight excluding hydrogens is 451 g/mol. The molecule has 0 bridgehead atoms. The molecule has 1 saturated heterocycles. The topological polar surface area (TPSA) is 157 Å². The Balaban J connectivity index is 2.12. The van der Waals surface area contributed by atoms with Crippen molar-refractivity contribution in [2.45, 2.75) is 31.8 Å². The van der Waals surface area contributed by atoms with Gasteiger partial charge in [-0.25, -0.2) is 14.2 Å². The lowest BCUT2D eigenvalue weighted by molar-refractivity contribution is -0.0423. The minimum Gasteiger partial charge on any atom is -0.457 e. The highest BCUT2D eigenvalue weighted by Gasteiger charge is 2.39. The minimum atomic E-state index is -4.69. The summed E-state index contributed by atoms with van der Waals surface area (Å²) in [6, 6.07) is 0. The number of carbonyl (C=O) groups excluding carboxylic acids is 1. The van der Waals surface area contributed by atoms with Crippen molar-refractivity contribution in [2.24, 2.45) is 0 Å². The Morgan fingerprint density at radius 1 is 1.56 bits per heavy atom. The maximum atomic E-state index is 12.0. The Hall–Kier alpha value is -1.56. The number of nitrogens with one attached hydrogen (secondary N) is 1. The van der Waals surface area contributed by atoms with Crippen molar-refractivity contribution in [3.63, 3.8) is 0 Å². The van der Waals surface area contributed by atoms with Gasteiger partial charge in [0.2, 0.25) is 0 Å². The van der Waals surface area contributed by atoms with Crippen LogP contribution in [0.3, 0.4) is 0 Å². The number of H-pyrrole nitrogens is 1. The molecule has 1 aliphatic heterocycles. The van der Waals surface area contributed by atoms with Crippen LogP contribution in [0.5, 0.6) is 0 Å². The molecule has 1 aliphatic rings. The SMILES string of the molecule is CCOC(=O)P(=O)(O)OCC1OC(n2cc(/C=C\Br)c(=O)[nH]c2=O)CC1O. The van der Waals surface area contributed by atoms with E-state index in [2.05, 4.69) is 30.2 Å². The highest BCUT2D eigenvalue weighted by molar-refractivity contribution is 9.11. The molecule has 2 rings (SSSR count). The van der Waals surface area contributed by atoms with Gasteiger partial charge in [0.15, 0.2) is 0 Å². The molecule has 11 nitrogen and oxygen atoms in total. The number of ether oxygens (including phenoxy) is 2. The van der Waals surface area contributed by atoms with E-state index in [1.807, 2.05) is 0 Å². The summed E-state index contributed by atoms with van der Waals surface area (Å²) < 4.78 is 27.4. The van der Waals surface area contributed by atoms with Crippen LogP contribution in [0.15, 0.2) is 20.8 Å². The molecule has 0 aromatic carbocycles. The van der Waals surface area contributed by atoms with Gasteiger partial charge in [0.1, 0.15) is 12.3 Å². The summed E-state index contributed by atoms with van der Waals surface area (Å²) in [6.45, 7) is 0.793. The second-order valence-electron chi connectivity index (χ2n) is 5.49. The van der Waals surface area contributed by atoms with Crippen LogP contribution in [0, 0.1) is 0 Å².